The van der Waals surface area contributed by atoms with Gasteiger partial charge in [0.2, 0.25) is 5.91 Å². The number of nitrogens with zero attached hydrogens (tertiary/aromatic N) is 2. The van der Waals surface area contributed by atoms with E-state index in [-0.39, 0.29) is 24.4 Å². The number of fused-ring (bicyclic) bond motifs is 1. The fourth-order valence-corrected chi connectivity index (χ4v) is 4.44. The second-order valence-corrected chi connectivity index (χ2v) is 8.60. The number of anilines is 2. The molecule has 2 N–H and O–H groups in total. The van der Waals surface area contributed by atoms with Gasteiger partial charge in [-0.05, 0) is 38.3 Å². The number of aryl methyl sites for hydroxylation is 2. The molecule has 2 amide bonds. The van der Waals surface area contributed by atoms with Gasteiger partial charge in [0.15, 0.2) is 11.2 Å². The average Bonchev–Trinajstić information content (AvgIpc) is 3.10. The van der Waals surface area contributed by atoms with Crippen LogP contribution in [0.15, 0.2) is 24.3 Å². The van der Waals surface area contributed by atoms with Crippen molar-refractivity contribution in [2.75, 3.05) is 23.3 Å². The molecule has 0 spiro atoms. The van der Waals surface area contributed by atoms with Crippen molar-refractivity contribution in [3.05, 3.63) is 34.8 Å². The molecule has 1 aliphatic heterocycles. The van der Waals surface area contributed by atoms with Gasteiger partial charge in [-0.2, -0.15) is 0 Å². The van der Waals surface area contributed by atoms with E-state index >= 15 is 0 Å². The first-order chi connectivity index (χ1) is 14.4. The number of nitrogens with one attached hydrogen (secondary N) is 2. The number of benzene rings is 1. The van der Waals surface area contributed by atoms with Crippen LogP contribution in [0.4, 0.5) is 10.8 Å². The molecular formula is C22H30N4O3S. The molecule has 3 rings (SSSR count). The second kappa shape index (κ2) is 9.93. The molecule has 0 radical (unpaired) electrons. The summed E-state index contributed by atoms with van der Waals surface area (Å²) in [5, 5.41) is 6.55. The molecule has 0 aliphatic carbocycles. The van der Waals surface area contributed by atoms with E-state index in [0.717, 1.165) is 35.5 Å². The Hall–Kier alpha value is -2.61. The van der Waals surface area contributed by atoms with E-state index in [9.17, 15) is 9.59 Å². The number of amides is 2. The zero-order valence-corrected chi connectivity index (χ0v) is 18.8. The van der Waals surface area contributed by atoms with Crippen molar-refractivity contribution in [1.29, 1.82) is 0 Å². The summed E-state index contributed by atoms with van der Waals surface area (Å²) in [7, 11) is 0. The molecule has 0 saturated carbocycles. The molecule has 30 heavy (non-hydrogen) atoms. The van der Waals surface area contributed by atoms with E-state index in [1.165, 1.54) is 11.3 Å². The van der Waals surface area contributed by atoms with Gasteiger partial charge in [0, 0.05) is 10.9 Å². The van der Waals surface area contributed by atoms with Crippen LogP contribution in [-0.2, 0) is 16.0 Å². The summed E-state index contributed by atoms with van der Waals surface area (Å²) in [4.78, 5) is 33.0. The monoisotopic (exact) mass is 430 g/mol. The third-order valence-corrected chi connectivity index (χ3v) is 6.22. The smallest absolute Gasteiger partial charge is 0.263 e. The fourth-order valence-electron chi connectivity index (χ4n) is 3.52. The van der Waals surface area contributed by atoms with E-state index in [1.54, 1.807) is 0 Å². The van der Waals surface area contributed by atoms with Crippen molar-refractivity contribution in [2.45, 2.75) is 59.1 Å². The first-order valence-electron chi connectivity index (χ1n) is 10.5. The van der Waals surface area contributed by atoms with Crippen molar-refractivity contribution in [1.82, 2.24) is 10.3 Å². The lowest BCUT2D eigenvalue weighted by molar-refractivity contribution is -0.129. The van der Waals surface area contributed by atoms with Crippen LogP contribution in [0.2, 0.25) is 0 Å². The summed E-state index contributed by atoms with van der Waals surface area (Å²) < 4.78 is 5.95. The minimum Gasteiger partial charge on any atom is -0.477 e. The van der Waals surface area contributed by atoms with Crippen LogP contribution in [-0.4, -0.2) is 42.0 Å². The number of rotatable bonds is 8. The van der Waals surface area contributed by atoms with Crippen molar-refractivity contribution in [3.63, 3.8) is 0 Å². The van der Waals surface area contributed by atoms with Gasteiger partial charge in [-0.3, -0.25) is 9.59 Å². The van der Waals surface area contributed by atoms with E-state index in [4.69, 9.17) is 4.74 Å². The van der Waals surface area contributed by atoms with Gasteiger partial charge in [-0.25, -0.2) is 4.98 Å². The van der Waals surface area contributed by atoms with Crippen LogP contribution in [0.1, 0.15) is 44.2 Å². The molecule has 1 atom stereocenters. The van der Waals surface area contributed by atoms with Crippen LogP contribution < -0.4 is 20.3 Å². The lowest BCUT2D eigenvalue weighted by Crippen LogP contribution is -2.52. The zero-order chi connectivity index (χ0) is 21.7. The average molecular weight is 431 g/mol. The maximum Gasteiger partial charge on any atom is 0.263 e. The lowest BCUT2D eigenvalue weighted by atomic mass is 10.1. The first-order valence-corrected chi connectivity index (χ1v) is 11.3. The maximum absolute atomic E-state index is 12.8. The van der Waals surface area contributed by atoms with Crippen LogP contribution in [0.25, 0.3) is 0 Å². The van der Waals surface area contributed by atoms with E-state index < -0.39 is 6.10 Å². The standard InChI is InChI=1S/C22H30N4O3S/c1-5-15(6-2)23-21(28)19-12-26(17-10-8-9-11-18(17)29-19)13-20(27)25-22-24-16(7-3)14(4)30-22/h8-11,15,19H,5-7,12-13H2,1-4H3,(H,23,28)(H,24,25,27). The minimum absolute atomic E-state index is 0.120. The quantitative estimate of drug-likeness (QED) is 0.669. The number of hydrogen-bond donors (Lipinski definition) is 2. The Morgan fingerprint density at radius 1 is 1.27 bits per heavy atom. The second-order valence-electron chi connectivity index (χ2n) is 7.40. The van der Waals surface area contributed by atoms with Gasteiger partial charge < -0.3 is 20.3 Å². The number of hydrogen-bond acceptors (Lipinski definition) is 6. The van der Waals surface area contributed by atoms with Crippen LogP contribution in [0.3, 0.4) is 0 Å². The third-order valence-electron chi connectivity index (χ3n) is 5.29. The summed E-state index contributed by atoms with van der Waals surface area (Å²) in [5.74, 6) is 0.300. The third kappa shape index (κ3) is 5.11. The molecule has 8 heteroatoms. The Bertz CT molecular complexity index is 894. The van der Waals surface area contributed by atoms with Crippen molar-refractivity contribution >= 4 is 34.0 Å². The van der Waals surface area contributed by atoms with Crippen molar-refractivity contribution in [3.8, 4) is 5.75 Å². The topological polar surface area (TPSA) is 83.6 Å². The minimum atomic E-state index is -0.665. The number of para-hydroxylation sites is 2. The molecule has 0 fully saturated rings. The van der Waals surface area contributed by atoms with E-state index in [0.29, 0.717) is 17.4 Å². The number of aromatic nitrogens is 1. The molecular weight excluding hydrogens is 400 g/mol. The van der Waals surface area contributed by atoms with Crippen molar-refractivity contribution in [2.24, 2.45) is 0 Å². The summed E-state index contributed by atoms with van der Waals surface area (Å²) in [6.45, 7) is 8.58. The molecule has 1 aromatic heterocycles. The maximum atomic E-state index is 12.8. The SMILES string of the molecule is CCc1nc(NC(=O)CN2CC(C(=O)NC(CC)CC)Oc3ccccc32)sc1C. The first kappa shape index (κ1) is 22.1. The molecule has 1 aliphatic rings. The normalized spacial score (nSPS) is 15.5. The predicted octanol–water partition coefficient (Wildman–Crippen LogP) is 3.52. The fraction of sp³-hybridized carbons (Fsp3) is 0.500. The predicted molar refractivity (Wildman–Crippen MR) is 120 cm³/mol. The summed E-state index contributed by atoms with van der Waals surface area (Å²) in [6, 6.07) is 7.61. The van der Waals surface area contributed by atoms with Gasteiger partial charge in [0.25, 0.3) is 5.91 Å². The molecule has 0 saturated heterocycles. The Labute approximate surface area is 181 Å². The zero-order valence-electron chi connectivity index (χ0n) is 18.0. The number of carbonyl (C=O) groups excluding carboxylic acids is 2. The van der Waals surface area contributed by atoms with Crippen LogP contribution in [0, 0.1) is 6.92 Å². The molecule has 162 valence electrons. The molecule has 1 aromatic carbocycles. The Kier molecular flexibility index (Phi) is 7.31. The highest BCUT2D eigenvalue weighted by Crippen LogP contribution is 2.33. The van der Waals surface area contributed by atoms with Crippen LogP contribution in [0.5, 0.6) is 5.75 Å². The number of thiazole rings is 1. The molecule has 7 nitrogen and oxygen atoms in total. The van der Waals surface area contributed by atoms with Gasteiger partial charge in [0.1, 0.15) is 5.75 Å². The largest absolute Gasteiger partial charge is 0.477 e. The number of carbonyl (C=O) groups is 2. The lowest BCUT2D eigenvalue weighted by Gasteiger charge is -2.35. The highest BCUT2D eigenvalue weighted by Gasteiger charge is 2.32. The molecule has 1 unspecified atom stereocenters. The van der Waals surface area contributed by atoms with Crippen LogP contribution >= 0.6 is 11.3 Å². The summed E-state index contributed by atoms with van der Waals surface area (Å²) in [5.41, 5.74) is 1.81. The van der Waals surface area contributed by atoms with Gasteiger partial charge >= 0.3 is 0 Å². The Morgan fingerprint density at radius 3 is 2.67 bits per heavy atom. The summed E-state index contributed by atoms with van der Waals surface area (Å²) in [6.07, 6.45) is 1.90. The van der Waals surface area contributed by atoms with Gasteiger partial charge in [0.05, 0.1) is 24.5 Å². The highest BCUT2D eigenvalue weighted by molar-refractivity contribution is 7.15. The molecule has 2 aromatic rings. The number of ether oxygens (including phenoxy) is 1. The molecule has 0 bridgehead atoms. The van der Waals surface area contributed by atoms with Gasteiger partial charge in [-0.15, -0.1) is 11.3 Å². The van der Waals surface area contributed by atoms with Crippen molar-refractivity contribution < 1.29 is 14.3 Å². The van der Waals surface area contributed by atoms with Gasteiger partial charge in [-0.1, -0.05) is 32.9 Å². The Morgan fingerprint density at radius 2 is 2.00 bits per heavy atom. The van der Waals surface area contributed by atoms with E-state index in [2.05, 4.69) is 15.6 Å². The van der Waals surface area contributed by atoms with E-state index in [1.807, 2.05) is 56.9 Å². The Balaban J connectivity index is 1.72. The molecule has 2 heterocycles. The summed E-state index contributed by atoms with van der Waals surface area (Å²) >= 11 is 1.48. The highest BCUT2D eigenvalue weighted by atomic mass is 32.1.